The Kier molecular flexibility index (Phi) is 5.84. The quantitative estimate of drug-likeness (QED) is 0.446. The average molecular weight is 434 g/mol. The van der Waals surface area contributed by atoms with E-state index in [0.29, 0.717) is 38.0 Å². The van der Waals surface area contributed by atoms with E-state index in [1.54, 1.807) is 0 Å². The zero-order chi connectivity index (χ0) is 20.4. The summed E-state index contributed by atoms with van der Waals surface area (Å²) in [6.07, 6.45) is 4.70. The number of halogens is 1. The zero-order valence-corrected chi connectivity index (χ0v) is 17.1. The van der Waals surface area contributed by atoms with Crippen LogP contribution >= 0.6 is 23.4 Å². The molecule has 1 saturated heterocycles. The van der Waals surface area contributed by atoms with Crippen LogP contribution in [-0.2, 0) is 6.54 Å². The number of benzene rings is 1. The van der Waals surface area contributed by atoms with E-state index in [4.69, 9.17) is 17.3 Å². The molecule has 1 fully saturated rings. The summed E-state index contributed by atoms with van der Waals surface area (Å²) in [6.45, 7) is 2.80. The van der Waals surface area contributed by atoms with Crippen LogP contribution in [0.15, 0.2) is 34.6 Å². The maximum absolute atomic E-state index is 11.1. The summed E-state index contributed by atoms with van der Waals surface area (Å²) in [6, 6.07) is 4.37. The Bertz CT molecular complexity index is 1050. The summed E-state index contributed by atoms with van der Waals surface area (Å²) in [5.41, 5.74) is 7.18. The second-order valence-corrected chi connectivity index (χ2v) is 8.35. The third-order valence-electron chi connectivity index (χ3n) is 5.07. The van der Waals surface area contributed by atoms with Crippen molar-refractivity contribution >= 4 is 46.0 Å². The zero-order valence-electron chi connectivity index (χ0n) is 15.5. The molecule has 0 saturated carbocycles. The van der Waals surface area contributed by atoms with Gasteiger partial charge in [0, 0.05) is 23.6 Å². The molecule has 152 valence electrons. The number of nitrogens with zero attached hydrogens (tertiary/aromatic N) is 5. The van der Waals surface area contributed by atoms with Crippen molar-refractivity contribution in [2.75, 3.05) is 18.8 Å². The molecular weight excluding hydrogens is 414 g/mol. The molecule has 0 radical (unpaired) electrons. The van der Waals surface area contributed by atoms with E-state index >= 15 is 0 Å². The fraction of sp³-hybridized carbons (Fsp3) is 0.389. The van der Waals surface area contributed by atoms with Crippen LogP contribution in [0.4, 0.5) is 11.5 Å². The Morgan fingerprint density at radius 1 is 1.34 bits per heavy atom. The smallest absolute Gasteiger partial charge is 0.270 e. The fourth-order valence-corrected chi connectivity index (χ4v) is 4.68. The predicted molar refractivity (Wildman–Crippen MR) is 112 cm³/mol. The first-order valence-corrected chi connectivity index (χ1v) is 10.5. The van der Waals surface area contributed by atoms with Gasteiger partial charge in [-0.05, 0) is 56.1 Å². The molecule has 1 aromatic carbocycles. The van der Waals surface area contributed by atoms with E-state index < -0.39 is 4.92 Å². The summed E-state index contributed by atoms with van der Waals surface area (Å²) >= 11 is 7.57. The Hall–Kier alpha value is -2.43. The van der Waals surface area contributed by atoms with Gasteiger partial charge in [0.15, 0.2) is 22.1 Å². The van der Waals surface area contributed by atoms with E-state index in [-0.39, 0.29) is 5.69 Å². The van der Waals surface area contributed by atoms with Crippen molar-refractivity contribution in [1.29, 1.82) is 0 Å². The van der Waals surface area contributed by atoms with Gasteiger partial charge < -0.3 is 15.6 Å². The molecule has 0 amide bonds. The van der Waals surface area contributed by atoms with Gasteiger partial charge in [-0.15, -0.1) is 0 Å². The van der Waals surface area contributed by atoms with Crippen LogP contribution in [0.2, 0.25) is 5.02 Å². The number of nitro benzene ring substituents is 1. The van der Waals surface area contributed by atoms with Crippen molar-refractivity contribution in [2.45, 2.75) is 35.9 Å². The number of non-ortho nitro benzene ring substituents is 1. The topological polar surface area (TPSA) is 125 Å². The summed E-state index contributed by atoms with van der Waals surface area (Å²) in [5, 5.41) is 15.6. The number of hydrogen-bond donors (Lipinski definition) is 2. The average Bonchev–Trinajstić information content (AvgIpc) is 3.07. The molecule has 1 aliphatic rings. The van der Waals surface area contributed by atoms with Gasteiger partial charge in [0.25, 0.3) is 5.69 Å². The molecule has 3 N–H and O–H groups in total. The highest BCUT2D eigenvalue weighted by atomic mass is 35.5. The van der Waals surface area contributed by atoms with Crippen molar-refractivity contribution in [2.24, 2.45) is 5.92 Å². The molecule has 3 heterocycles. The van der Waals surface area contributed by atoms with Crippen molar-refractivity contribution in [1.82, 2.24) is 24.8 Å². The third-order valence-corrected chi connectivity index (χ3v) is 6.57. The summed E-state index contributed by atoms with van der Waals surface area (Å²) in [5.74, 6) is 0.940. The van der Waals surface area contributed by atoms with Crippen LogP contribution < -0.4 is 11.1 Å². The van der Waals surface area contributed by atoms with Crippen LogP contribution in [0.25, 0.3) is 11.2 Å². The Morgan fingerprint density at radius 2 is 2.14 bits per heavy atom. The lowest BCUT2D eigenvalue weighted by Gasteiger charge is -2.22. The van der Waals surface area contributed by atoms with Crippen LogP contribution in [0, 0.1) is 16.0 Å². The van der Waals surface area contributed by atoms with Crippen molar-refractivity contribution in [3.05, 3.63) is 39.7 Å². The second-order valence-electron chi connectivity index (χ2n) is 6.93. The first-order valence-electron chi connectivity index (χ1n) is 9.32. The minimum atomic E-state index is -0.441. The van der Waals surface area contributed by atoms with Gasteiger partial charge >= 0.3 is 0 Å². The highest BCUT2D eigenvalue weighted by Crippen LogP contribution is 2.37. The second kappa shape index (κ2) is 8.52. The molecule has 0 atom stereocenters. The third kappa shape index (κ3) is 4.29. The summed E-state index contributed by atoms with van der Waals surface area (Å²) < 4.78 is 2.01. The monoisotopic (exact) mass is 433 g/mol. The van der Waals surface area contributed by atoms with Gasteiger partial charge in [-0.3, -0.25) is 10.1 Å². The minimum absolute atomic E-state index is 0.0198. The Balaban J connectivity index is 1.68. The molecule has 2 aromatic heterocycles. The number of hydrogen-bond acceptors (Lipinski definition) is 8. The van der Waals surface area contributed by atoms with Crippen molar-refractivity contribution < 1.29 is 4.92 Å². The largest absolute Gasteiger partial charge is 0.382 e. The Labute approximate surface area is 176 Å². The number of rotatable bonds is 6. The molecule has 4 rings (SSSR count). The number of anilines is 1. The number of piperidine rings is 1. The van der Waals surface area contributed by atoms with Gasteiger partial charge in [0.2, 0.25) is 0 Å². The molecule has 0 aliphatic carbocycles. The number of nitrogen functional groups attached to an aromatic ring is 1. The number of aromatic nitrogens is 4. The molecule has 3 aromatic rings. The standard InChI is InChI=1S/C18H20ClN7O2S/c19-13-2-1-12(26(27)28)9-14(13)29-18-24-15-16(20)22-10-23-17(15)25(18)8-5-11-3-6-21-7-4-11/h1-2,9-11,21H,3-8H2,(H2,20,22,23). The molecule has 0 unspecified atom stereocenters. The lowest BCUT2D eigenvalue weighted by atomic mass is 9.95. The number of fused-ring (bicyclic) bond motifs is 1. The van der Waals surface area contributed by atoms with Gasteiger partial charge in [-0.25, -0.2) is 15.0 Å². The predicted octanol–water partition coefficient (Wildman–Crippen LogP) is 3.51. The number of imidazole rings is 1. The number of nitro groups is 1. The first-order chi connectivity index (χ1) is 14.0. The van der Waals surface area contributed by atoms with E-state index in [2.05, 4.69) is 20.3 Å². The molecular formula is C18H20ClN7O2S. The van der Waals surface area contributed by atoms with Crippen LogP contribution in [0.3, 0.4) is 0 Å². The summed E-state index contributed by atoms with van der Waals surface area (Å²) in [4.78, 5) is 24.3. The van der Waals surface area contributed by atoms with Crippen LogP contribution in [-0.4, -0.2) is 37.5 Å². The van der Waals surface area contributed by atoms with Gasteiger partial charge in [-0.1, -0.05) is 11.6 Å². The molecule has 11 heteroatoms. The SMILES string of the molecule is Nc1ncnc2c1nc(Sc1cc([N+](=O)[O-])ccc1Cl)n2CCC1CCNCC1. The van der Waals surface area contributed by atoms with Crippen LogP contribution in [0.1, 0.15) is 19.3 Å². The van der Waals surface area contributed by atoms with Crippen molar-refractivity contribution in [3.63, 3.8) is 0 Å². The molecule has 9 nitrogen and oxygen atoms in total. The number of nitrogens with one attached hydrogen (secondary N) is 1. The summed E-state index contributed by atoms with van der Waals surface area (Å²) in [7, 11) is 0. The molecule has 0 bridgehead atoms. The first kappa shape index (κ1) is 19.9. The van der Waals surface area contributed by atoms with E-state index in [0.717, 1.165) is 38.9 Å². The van der Waals surface area contributed by atoms with Crippen LogP contribution in [0.5, 0.6) is 0 Å². The van der Waals surface area contributed by atoms with Crippen molar-refractivity contribution in [3.8, 4) is 0 Å². The molecule has 29 heavy (non-hydrogen) atoms. The van der Waals surface area contributed by atoms with Gasteiger partial charge in [-0.2, -0.15) is 0 Å². The van der Waals surface area contributed by atoms with E-state index in [9.17, 15) is 10.1 Å². The number of aryl methyl sites for hydroxylation is 1. The normalized spacial score (nSPS) is 15.1. The van der Waals surface area contributed by atoms with Gasteiger partial charge in [0.05, 0.1) is 9.95 Å². The van der Waals surface area contributed by atoms with Gasteiger partial charge in [0.1, 0.15) is 6.33 Å². The Morgan fingerprint density at radius 3 is 2.90 bits per heavy atom. The lowest BCUT2D eigenvalue weighted by Crippen LogP contribution is -2.28. The molecule has 0 spiro atoms. The number of nitrogens with two attached hydrogens (primary N) is 1. The molecule has 1 aliphatic heterocycles. The highest BCUT2D eigenvalue weighted by Gasteiger charge is 2.20. The highest BCUT2D eigenvalue weighted by molar-refractivity contribution is 7.99. The lowest BCUT2D eigenvalue weighted by molar-refractivity contribution is -0.385. The maximum Gasteiger partial charge on any atom is 0.270 e. The maximum atomic E-state index is 11.1. The fourth-order valence-electron chi connectivity index (χ4n) is 3.48. The van der Waals surface area contributed by atoms with E-state index in [1.807, 2.05) is 4.57 Å². The minimum Gasteiger partial charge on any atom is -0.382 e. The van der Waals surface area contributed by atoms with E-state index in [1.165, 1.54) is 36.3 Å².